The average molecular weight is 292 g/mol. The molecule has 3 N–H and O–H groups in total. The minimum absolute atomic E-state index is 0.141. The molecular formula is C14H20N4O3. The first kappa shape index (κ1) is 15.2. The average Bonchev–Trinajstić information content (AvgIpc) is 2.73. The highest BCUT2D eigenvalue weighted by Gasteiger charge is 2.38. The number of nitrogens with zero attached hydrogens (tertiary/aromatic N) is 2. The molecule has 1 heterocycles. The van der Waals surface area contributed by atoms with Crippen molar-refractivity contribution in [3.63, 3.8) is 0 Å². The number of amides is 2. The normalized spacial score (nSPS) is 17.5. The van der Waals surface area contributed by atoms with Crippen molar-refractivity contribution < 1.29 is 14.7 Å². The fourth-order valence-electron chi connectivity index (χ4n) is 2.66. The Bertz CT molecular complexity index is 484. The number of aliphatic carboxylic acids is 1. The van der Waals surface area contributed by atoms with Crippen molar-refractivity contribution in [2.24, 2.45) is 5.41 Å². The van der Waals surface area contributed by atoms with Gasteiger partial charge in [0.1, 0.15) is 6.33 Å². The van der Waals surface area contributed by atoms with E-state index in [1.54, 1.807) is 0 Å². The smallest absolute Gasteiger partial charge is 0.319 e. The molecule has 7 nitrogen and oxygen atoms in total. The van der Waals surface area contributed by atoms with E-state index in [0.29, 0.717) is 18.5 Å². The number of nitrogens with one attached hydrogen (secondary N) is 2. The second-order valence-corrected chi connectivity index (χ2v) is 5.43. The predicted molar refractivity (Wildman–Crippen MR) is 76.8 cm³/mol. The lowest BCUT2D eigenvalue weighted by molar-refractivity contribution is -0.149. The molecule has 0 unspecified atom stereocenters. The zero-order valence-electron chi connectivity index (χ0n) is 11.8. The number of carbonyl (C=O) groups excluding carboxylic acids is 1. The zero-order chi connectivity index (χ0) is 15.1. The predicted octanol–water partition coefficient (Wildman–Crippen LogP) is 2.02. The molecule has 7 heteroatoms. The van der Waals surface area contributed by atoms with E-state index in [1.807, 2.05) is 0 Å². The summed E-state index contributed by atoms with van der Waals surface area (Å²) < 4.78 is 0. The van der Waals surface area contributed by atoms with Crippen molar-refractivity contribution in [2.45, 2.75) is 38.5 Å². The minimum Gasteiger partial charge on any atom is -0.481 e. The fraction of sp³-hybridized carbons (Fsp3) is 0.571. The Morgan fingerprint density at radius 3 is 2.33 bits per heavy atom. The summed E-state index contributed by atoms with van der Waals surface area (Å²) in [5.74, 6) is -0.826. The van der Waals surface area contributed by atoms with Crippen molar-refractivity contribution in [2.75, 3.05) is 11.9 Å². The molecule has 0 atom stereocenters. The summed E-state index contributed by atoms with van der Waals surface area (Å²) in [6.45, 7) is 0.141. The van der Waals surface area contributed by atoms with E-state index in [0.717, 1.165) is 25.7 Å². The summed E-state index contributed by atoms with van der Waals surface area (Å²) in [6, 6.07) is -0.435. The minimum atomic E-state index is -0.846. The van der Waals surface area contributed by atoms with Crippen molar-refractivity contribution in [1.29, 1.82) is 0 Å². The van der Waals surface area contributed by atoms with E-state index in [4.69, 9.17) is 0 Å². The molecule has 114 valence electrons. The van der Waals surface area contributed by atoms with Crippen LogP contribution < -0.4 is 10.6 Å². The van der Waals surface area contributed by atoms with Crippen LogP contribution in [0.5, 0.6) is 0 Å². The Morgan fingerprint density at radius 1 is 1.14 bits per heavy atom. The SMILES string of the molecule is O=C(NCC1(C(=O)O)CCCCCC1)Nc1cncnc1. The van der Waals surface area contributed by atoms with Crippen LogP contribution in [0.3, 0.4) is 0 Å². The van der Waals surface area contributed by atoms with Gasteiger partial charge in [0.2, 0.25) is 0 Å². The lowest BCUT2D eigenvalue weighted by Gasteiger charge is -2.28. The summed E-state index contributed by atoms with van der Waals surface area (Å²) in [4.78, 5) is 31.0. The second-order valence-electron chi connectivity index (χ2n) is 5.43. The van der Waals surface area contributed by atoms with Gasteiger partial charge in [-0.2, -0.15) is 0 Å². The van der Waals surface area contributed by atoms with Crippen molar-refractivity contribution in [3.05, 3.63) is 18.7 Å². The van der Waals surface area contributed by atoms with Gasteiger partial charge in [-0.15, -0.1) is 0 Å². The van der Waals surface area contributed by atoms with Gasteiger partial charge < -0.3 is 15.7 Å². The molecule has 1 aliphatic rings. The van der Waals surface area contributed by atoms with Gasteiger partial charge in [-0.05, 0) is 12.8 Å². The monoisotopic (exact) mass is 292 g/mol. The standard InChI is InChI=1S/C14H20N4O3/c19-12(20)14(5-3-1-2-4-6-14)9-17-13(21)18-11-7-15-10-16-8-11/h7-8,10H,1-6,9H2,(H,19,20)(H2,17,18,21). The molecule has 0 aromatic carbocycles. The number of hydrogen-bond donors (Lipinski definition) is 3. The van der Waals surface area contributed by atoms with Crippen molar-refractivity contribution in [1.82, 2.24) is 15.3 Å². The van der Waals surface area contributed by atoms with Gasteiger partial charge in [0, 0.05) is 6.54 Å². The van der Waals surface area contributed by atoms with E-state index in [1.165, 1.54) is 18.7 Å². The van der Waals surface area contributed by atoms with Gasteiger partial charge in [0.05, 0.1) is 23.5 Å². The summed E-state index contributed by atoms with van der Waals surface area (Å²) in [6.07, 6.45) is 9.44. The topological polar surface area (TPSA) is 104 Å². The van der Waals surface area contributed by atoms with Crippen LogP contribution in [-0.4, -0.2) is 33.6 Å². The number of hydrogen-bond acceptors (Lipinski definition) is 4. The van der Waals surface area contributed by atoms with Gasteiger partial charge in [0.25, 0.3) is 0 Å². The van der Waals surface area contributed by atoms with Crippen LogP contribution in [-0.2, 0) is 4.79 Å². The number of carboxylic acid groups (broad SMARTS) is 1. The van der Waals surface area contributed by atoms with Gasteiger partial charge in [0.15, 0.2) is 0 Å². The molecule has 2 rings (SSSR count). The summed E-state index contributed by atoms with van der Waals surface area (Å²) in [5, 5.41) is 14.8. The highest BCUT2D eigenvalue weighted by Crippen LogP contribution is 2.34. The number of carbonyl (C=O) groups is 2. The van der Waals surface area contributed by atoms with Gasteiger partial charge in [-0.1, -0.05) is 25.7 Å². The molecule has 1 saturated carbocycles. The highest BCUT2D eigenvalue weighted by molar-refractivity contribution is 5.89. The van der Waals surface area contributed by atoms with Crippen LogP contribution in [0.15, 0.2) is 18.7 Å². The molecule has 1 aromatic rings. The Labute approximate surface area is 123 Å². The summed E-state index contributed by atoms with van der Waals surface area (Å²) in [7, 11) is 0. The second kappa shape index (κ2) is 7.01. The molecule has 1 fully saturated rings. The Kier molecular flexibility index (Phi) is 5.08. The van der Waals surface area contributed by atoms with Crippen LogP contribution in [0, 0.1) is 5.41 Å². The molecule has 0 aliphatic heterocycles. The summed E-state index contributed by atoms with van der Waals surface area (Å²) in [5.41, 5.74) is -0.374. The van der Waals surface area contributed by atoms with Crippen molar-refractivity contribution >= 4 is 17.7 Å². The van der Waals surface area contributed by atoms with Crippen LogP contribution in [0.25, 0.3) is 0 Å². The lowest BCUT2D eigenvalue weighted by Crippen LogP contribution is -2.44. The molecule has 0 radical (unpaired) electrons. The van der Waals surface area contributed by atoms with E-state index in [2.05, 4.69) is 20.6 Å². The number of urea groups is 1. The molecule has 21 heavy (non-hydrogen) atoms. The van der Waals surface area contributed by atoms with Gasteiger partial charge >= 0.3 is 12.0 Å². The number of carboxylic acids is 1. The number of rotatable bonds is 4. The largest absolute Gasteiger partial charge is 0.481 e. The van der Waals surface area contributed by atoms with Crippen LogP contribution in [0.1, 0.15) is 38.5 Å². The first-order chi connectivity index (χ1) is 10.1. The fourth-order valence-corrected chi connectivity index (χ4v) is 2.66. The third-order valence-electron chi connectivity index (χ3n) is 3.92. The maximum absolute atomic E-state index is 11.8. The third kappa shape index (κ3) is 4.14. The van der Waals surface area contributed by atoms with E-state index < -0.39 is 17.4 Å². The molecular weight excluding hydrogens is 272 g/mol. The molecule has 0 saturated heterocycles. The molecule has 0 bridgehead atoms. The molecule has 2 amide bonds. The Balaban J connectivity index is 1.92. The first-order valence-corrected chi connectivity index (χ1v) is 7.16. The van der Waals surface area contributed by atoms with Crippen LogP contribution in [0.4, 0.5) is 10.5 Å². The summed E-state index contributed by atoms with van der Waals surface area (Å²) >= 11 is 0. The molecule has 1 aromatic heterocycles. The Hall–Kier alpha value is -2.18. The first-order valence-electron chi connectivity index (χ1n) is 7.16. The highest BCUT2D eigenvalue weighted by atomic mass is 16.4. The molecule has 1 aliphatic carbocycles. The maximum Gasteiger partial charge on any atom is 0.319 e. The quantitative estimate of drug-likeness (QED) is 0.736. The number of aromatic nitrogens is 2. The van der Waals surface area contributed by atoms with Gasteiger partial charge in [-0.25, -0.2) is 14.8 Å². The van der Waals surface area contributed by atoms with E-state index in [-0.39, 0.29) is 6.54 Å². The van der Waals surface area contributed by atoms with E-state index in [9.17, 15) is 14.7 Å². The lowest BCUT2D eigenvalue weighted by atomic mass is 9.80. The van der Waals surface area contributed by atoms with Crippen LogP contribution in [0.2, 0.25) is 0 Å². The Morgan fingerprint density at radius 2 is 1.76 bits per heavy atom. The third-order valence-corrected chi connectivity index (χ3v) is 3.92. The molecule has 0 spiro atoms. The number of anilines is 1. The maximum atomic E-state index is 11.8. The van der Waals surface area contributed by atoms with Gasteiger partial charge in [-0.3, -0.25) is 4.79 Å². The van der Waals surface area contributed by atoms with Crippen LogP contribution >= 0.6 is 0 Å². The van der Waals surface area contributed by atoms with E-state index >= 15 is 0 Å². The van der Waals surface area contributed by atoms with Crippen molar-refractivity contribution in [3.8, 4) is 0 Å². The zero-order valence-corrected chi connectivity index (χ0v) is 11.8.